The van der Waals surface area contributed by atoms with E-state index in [0.29, 0.717) is 28.8 Å². The summed E-state index contributed by atoms with van der Waals surface area (Å²) < 4.78 is 5.48. The molecular formula is C22H27ClN6O2. The summed E-state index contributed by atoms with van der Waals surface area (Å²) in [4.78, 5) is 17.3. The topological polar surface area (TPSA) is 105 Å². The average Bonchev–Trinajstić information content (AvgIpc) is 2.80. The van der Waals surface area contributed by atoms with Crippen molar-refractivity contribution in [3.05, 3.63) is 41.9 Å². The van der Waals surface area contributed by atoms with Crippen LogP contribution in [0.3, 0.4) is 0 Å². The van der Waals surface area contributed by atoms with Gasteiger partial charge in [0.1, 0.15) is 17.4 Å². The van der Waals surface area contributed by atoms with Crippen LogP contribution in [0.25, 0.3) is 10.9 Å². The third kappa shape index (κ3) is 5.71. The number of aliphatic hydroxyl groups excluding tert-OH is 1. The Morgan fingerprint density at radius 1 is 1.13 bits per heavy atom. The standard InChI is InChI=1S/C22H27ClN6O2/c1-14(13-30)31-18-11-26-22(27-12-18)25-10-15-2-5-17(6-3-15)28-19-7-4-16-8-9-24-21(23)20(16)29-19/h4,7-9,11-12,14-15,17,30H,2-3,5-6,10,13H2,1H3,(H,28,29)(H,25,26,27)/t14?,15-,17-. The van der Waals surface area contributed by atoms with Crippen molar-refractivity contribution in [1.82, 2.24) is 19.9 Å². The Bertz CT molecular complexity index is 995. The number of aliphatic hydroxyl groups is 1. The van der Waals surface area contributed by atoms with Crippen molar-refractivity contribution in [2.24, 2.45) is 5.92 Å². The minimum atomic E-state index is -0.273. The van der Waals surface area contributed by atoms with Gasteiger partial charge in [-0.15, -0.1) is 0 Å². The number of ether oxygens (including phenoxy) is 1. The maximum atomic E-state index is 9.04. The monoisotopic (exact) mass is 442 g/mol. The number of nitrogens with zero attached hydrogens (tertiary/aromatic N) is 4. The van der Waals surface area contributed by atoms with Crippen molar-refractivity contribution >= 4 is 34.3 Å². The molecule has 1 aliphatic rings. The molecule has 4 rings (SSSR count). The lowest BCUT2D eigenvalue weighted by Gasteiger charge is -2.29. The van der Waals surface area contributed by atoms with E-state index >= 15 is 0 Å². The van der Waals surface area contributed by atoms with E-state index in [1.807, 2.05) is 18.2 Å². The van der Waals surface area contributed by atoms with Crippen molar-refractivity contribution in [2.45, 2.75) is 44.8 Å². The maximum absolute atomic E-state index is 9.04. The number of hydrogen-bond acceptors (Lipinski definition) is 8. The minimum absolute atomic E-state index is 0.0422. The van der Waals surface area contributed by atoms with Gasteiger partial charge in [-0.25, -0.2) is 19.9 Å². The lowest BCUT2D eigenvalue weighted by atomic mass is 9.86. The molecule has 1 aliphatic carbocycles. The molecule has 1 fully saturated rings. The van der Waals surface area contributed by atoms with Gasteiger partial charge in [-0.05, 0) is 56.7 Å². The highest BCUT2D eigenvalue weighted by atomic mass is 35.5. The minimum Gasteiger partial charge on any atom is -0.485 e. The largest absolute Gasteiger partial charge is 0.485 e. The first-order valence-electron chi connectivity index (χ1n) is 10.6. The summed E-state index contributed by atoms with van der Waals surface area (Å²) in [5.41, 5.74) is 0.731. The van der Waals surface area contributed by atoms with E-state index in [-0.39, 0.29) is 12.7 Å². The first kappa shape index (κ1) is 21.5. The number of rotatable bonds is 8. The quantitative estimate of drug-likeness (QED) is 0.451. The lowest BCUT2D eigenvalue weighted by Crippen LogP contribution is -2.29. The van der Waals surface area contributed by atoms with E-state index in [1.165, 1.54) is 0 Å². The zero-order valence-electron chi connectivity index (χ0n) is 17.5. The van der Waals surface area contributed by atoms with Gasteiger partial charge in [-0.1, -0.05) is 11.6 Å². The number of fused-ring (bicyclic) bond motifs is 1. The van der Waals surface area contributed by atoms with Gasteiger partial charge in [0.05, 0.1) is 19.0 Å². The van der Waals surface area contributed by atoms with Crippen LogP contribution in [0.15, 0.2) is 36.8 Å². The fourth-order valence-electron chi connectivity index (χ4n) is 3.79. The van der Waals surface area contributed by atoms with Gasteiger partial charge in [0, 0.05) is 24.2 Å². The smallest absolute Gasteiger partial charge is 0.222 e. The highest BCUT2D eigenvalue weighted by molar-refractivity contribution is 6.33. The Balaban J connectivity index is 1.23. The number of aromatic nitrogens is 4. The molecule has 3 aromatic rings. The molecule has 0 aliphatic heterocycles. The molecule has 164 valence electrons. The van der Waals surface area contributed by atoms with Gasteiger partial charge in [-0.3, -0.25) is 0 Å². The Morgan fingerprint density at radius 2 is 1.90 bits per heavy atom. The summed E-state index contributed by atoms with van der Waals surface area (Å²) in [5.74, 6) is 2.57. The molecule has 9 heteroatoms. The Hall–Kier alpha value is -2.71. The zero-order valence-corrected chi connectivity index (χ0v) is 18.2. The molecule has 3 heterocycles. The average molecular weight is 443 g/mol. The van der Waals surface area contributed by atoms with E-state index in [2.05, 4.69) is 30.6 Å². The van der Waals surface area contributed by atoms with E-state index in [9.17, 15) is 0 Å². The number of anilines is 2. The number of halogens is 1. The molecule has 3 aromatic heterocycles. The van der Waals surface area contributed by atoms with Crippen LogP contribution >= 0.6 is 11.6 Å². The summed E-state index contributed by atoms with van der Waals surface area (Å²) in [5, 5.41) is 17.3. The van der Waals surface area contributed by atoms with Gasteiger partial charge in [0.2, 0.25) is 5.95 Å². The second-order valence-electron chi connectivity index (χ2n) is 7.97. The van der Waals surface area contributed by atoms with Gasteiger partial charge >= 0.3 is 0 Å². The number of pyridine rings is 2. The molecule has 0 aromatic carbocycles. The van der Waals surface area contributed by atoms with Crippen molar-refractivity contribution < 1.29 is 9.84 Å². The van der Waals surface area contributed by atoms with Gasteiger partial charge < -0.3 is 20.5 Å². The van der Waals surface area contributed by atoms with Crippen LogP contribution in [0.4, 0.5) is 11.8 Å². The molecule has 0 bridgehead atoms. The van der Waals surface area contributed by atoms with Crippen LogP contribution in [0.1, 0.15) is 32.6 Å². The summed E-state index contributed by atoms with van der Waals surface area (Å²) in [6, 6.07) is 6.33. The summed E-state index contributed by atoms with van der Waals surface area (Å²) >= 11 is 6.18. The van der Waals surface area contributed by atoms with Crippen molar-refractivity contribution in [3.63, 3.8) is 0 Å². The van der Waals surface area contributed by atoms with Gasteiger partial charge in [-0.2, -0.15) is 0 Å². The summed E-state index contributed by atoms with van der Waals surface area (Å²) in [6.45, 7) is 2.59. The van der Waals surface area contributed by atoms with Gasteiger partial charge in [0.15, 0.2) is 10.9 Å². The second kappa shape index (κ2) is 10.1. The molecule has 1 saturated carbocycles. The van der Waals surface area contributed by atoms with Crippen LogP contribution in [-0.4, -0.2) is 50.3 Å². The molecule has 0 radical (unpaired) electrons. The molecular weight excluding hydrogens is 416 g/mol. The SMILES string of the molecule is CC(CO)Oc1cnc(NC[C@H]2CC[C@H](Nc3ccc4ccnc(Cl)c4n3)CC2)nc1. The summed E-state index contributed by atoms with van der Waals surface area (Å²) in [6.07, 6.45) is 9.08. The van der Waals surface area contributed by atoms with Crippen LogP contribution in [0.5, 0.6) is 5.75 Å². The Kier molecular flexibility index (Phi) is 6.99. The van der Waals surface area contributed by atoms with Crippen LogP contribution in [0, 0.1) is 5.92 Å². The Labute approximate surface area is 186 Å². The second-order valence-corrected chi connectivity index (χ2v) is 8.32. The van der Waals surface area contributed by atoms with E-state index < -0.39 is 0 Å². The first-order valence-corrected chi connectivity index (χ1v) is 11.0. The third-order valence-corrected chi connectivity index (χ3v) is 5.81. The maximum Gasteiger partial charge on any atom is 0.222 e. The van der Waals surface area contributed by atoms with Crippen LogP contribution in [0.2, 0.25) is 5.15 Å². The van der Waals surface area contributed by atoms with E-state index in [4.69, 9.17) is 21.4 Å². The molecule has 0 amide bonds. The lowest BCUT2D eigenvalue weighted by molar-refractivity contribution is 0.129. The molecule has 0 spiro atoms. The normalized spacial score (nSPS) is 19.7. The molecule has 1 atom stereocenters. The molecule has 0 saturated heterocycles. The highest BCUT2D eigenvalue weighted by Crippen LogP contribution is 2.28. The highest BCUT2D eigenvalue weighted by Gasteiger charge is 2.21. The predicted molar refractivity (Wildman–Crippen MR) is 122 cm³/mol. The fraction of sp³-hybridized carbons (Fsp3) is 0.455. The van der Waals surface area contributed by atoms with E-state index in [1.54, 1.807) is 25.5 Å². The molecule has 8 nitrogen and oxygen atoms in total. The van der Waals surface area contributed by atoms with E-state index in [0.717, 1.165) is 48.9 Å². The van der Waals surface area contributed by atoms with Crippen molar-refractivity contribution in [2.75, 3.05) is 23.8 Å². The van der Waals surface area contributed by atoms with Gasteiger partial charge in [0.25, 0.3) is 0 Å². The molecule has 1 unspecified atom stereocenters. The molecule has 31 heavy (non-hydrogen) atoms. The van der Waals surface area contributed by atoms with Crippen LogP contribution in [-0.2, 0) is 0 Å². The van der Waals surface area contributed by atoms with Crippen molar-refractivity contribution in [3.8, 4) is 5.75 Å². The predicted octanol–water partition coefficient (Wildman–Crippen LogP) is 3.92. The zero-order chi connectivity index (χ0) is 21.6. The molecule has 3 N–H and O–H groups in total. The van der Waals surface area contributed by atoms with Crippen LogP contribution < -0.4 is 15.4 Å². The third-order valence-electron chi connectivity index (χ3n) is 5.53. The first-order chi connectivity index (χ1) is 15.1. The fourth-order valence-corrected chi connectivity index (χ4v) is 4.00. The number of hydrogen-bond donors (Lipinski definition) is 3. The van der Waals surface area contributed by atoms with Crippen molar-refractivity contribution in [1.29, 1.82) is 0 Å². The summed E-state index contributed by atoms with van der Waals surface area (Å²) in [7, 11) is 0. The number of nitrogens with one attached hydrogen (secondary N) is 2. The Morgan fingerprint density at radius 3 is 2.65 bits per heavy atom.